The first-order valence-electron chi connectivity index (χ1n) is 7.66. The largest absolute Gasteiger partial charge is 0.497 e. The van der Waals surface area contributed by atoms with Crippen molar-refractivity contribution in [2.24, 2.45) is 0 Å². The number of hydrogen-bond acceptors (Lipinski definition) is 3. The molecule has 1 N–H and O–H groups in total. The summed E-state index contributed by atoms with van der Waals surface area (Å²) in [6, 6.07) is 18.3. The van der Waals surface area contributed by atoms with Crippen LogP contribution in [-0.2, 0) is 6.42 Å². The van der Waals surface area contributed by atoms with Gasteiger partial charge in [-0.3, -0.25) is 0 Å². The van der Waals surface area contributed by atoms with Crippen molar-refractivity contribution in [3.63, 3.8) is 0 Å². The van der Waals surface area contributed by atoms with E-state index < -0.39 is 6.10 Å². The van der Waals surface area contributed by atoms with E-state index in [0.717, 1.165) is 17.7 Å². The van der Waals surface area contributed by atoms with Crippen molar-refractivity contribution >= 4 is 0 Å². The van der Waals surface area contributed by atoms with Gasteiger partial charge in [-0.25, -0.2) is 0 Å². The second-order valence-electron chi connectivity index (χ2n) is 5.77. The quantitative estimate of drug-likeness (QED) is 0.851. The third-order valence-electron chi connectivity index (χ3n) is 4.09. The van der Waals surface area contributed by atoms with E-state index in [1.54, 1.807) is 7.11 Å². The topological polar surface area (TPSA) is 32.7 Å². The normalized spacial score (nSPS) is 13.9. The number of aliphatic hydroxyl groups is 1. The Morgan fingerprint density at radius 2 is 1.68 bits per heavy atom. The lowest BCUT2D eigenvalue weighted by Crippen LogP contribution is -2.34. The Hall–Kier alpha value is -1.84. The molecule has 118 valence electrons. The lowest BCUT2D eigenvalue weighted by atomic mass is 10.0. The molecule has 0 spiro atoms. The second-order valence-corrected chi connectivity index (χ2v) is 5.77. The van der Waals surface area contributed by atoms with E-state index in [9.17, 15) is 5.11 Å². The van der Waals surface area contributed by atoms with Crippen molar-refractivity contribution in [1.82, 2.24) is 4.90 Å². The molecule has 0 aliphatic heterocycles. The highest BCUT2D eigenvalue weighted by atomic mass is 16.5. The van der Waals surface area contributed by atoms with E-state index in [1.807, 2.05) is 42.5 Å². The molecular formula is C19H25NO2. The van der Waals surface area contributed by atoms with Gasteiger partial charge in [0.1, 0.15) is 5.75 Å². The summed E-state index contributed by atoms with van der Waals surface area (Å²) in [6.07, 6.45) is 0.492. The molecule has 0 fully saturated rings. The average molecular weight is 299 g/mol. The predicted octanol–water partition coefficient (Wildman–Crippen LogP) is 3.29. The van der Waals surface area contributed by atoms with Crippen LogP contribution < -0.4 is 4.74 Å². The monoisotopic (exact) mass is 299 g/mol. The average Bonchev–Trinajstić information content (AvgIpc) is 2.56. The Kier molecular flexibility index (Phi) is 5.99. The number of hydrogen-bond donors (Lipinski definition) is 1. The molecule has 2 aromatic carbocycles. The molecule has 2 unspecified atom stereocenters. The summed E-state index contributed by atoms with van der Waals surface area (Å²) >= 11 is 0. The van der Waals surface area contributed by atoms with Crippen LogP contribution >= 0.6 is 0 Å². The van der Waals surface area contributed by atoms with Gasteiger partial charge in [0.25, 0.3) is 0 Å². The Bertz CT molecular complexity index is 553. The SMILES string of the molecule is COc1ccc(CC(C)N(C)CC(O)c2ccccc2)cc1. The number of benzene rings is 2. The molecule has 2 atom stereocenters. The van der Waals surface area contributed by atoms with Gasteiger partial charge in [-0.1, -0.05) is 42.5 Å². The van der Waals surface area contributed by atoms with Crippen LogP contribution in [0.1, 0.15) is 24.2 Å². The minimum absolute atomic E-state index is 0.353. The van der Waals surface area contributed by atoms with Crippen molar-refractivity contribution in [2.45, 2.75) is 25.5 Å². The molecule has 2 aromatic rings. The molecule has 3 nitrogen and oxygen atoms in total. The van der Waals surface area contributed by atoms with Gasteiger partial charge in [0, 0.05) is 12.6 Å². The van der Waals surface area contributed by atoms with E-state index in [4.69, 9.17) is 4.74 Å². The molecule has 0 saturated heterocycles. The molecule has 0 aliphatic rings. The first-order valence-corrected chi connectivity index (χ1v) is 7.66. The predicted molar refractivity (Wildman–Crippen MR) is 90.2 cm³/mol. The van der Waals surface area contributed by atoms with Gasteiger partial charge < -0.3 is 14.7 Å². The lowest BCUT2D eigenvalue weighted by molar-refractivity contribution is 0.108. The maximum atomic E-state index is 10.3. The molecule has 0 aliphatic carbocycles. The smallest absolute Gasteiger partial charge is 0.118 e. The van der Waals surface area contributed by atoms with Gasteiger partial charge >= 0.3 is 0 Å². The van der Waals surface area contributed by atoms with Gasteiger partial charge in [-0.2, -0.15) is 0 Å². The van der Waals surface area contributed by atoms with Crippen LogP contribution in [0.3, 0.4) is 0 Å². The highest BCUT2D eigenvalue weighted by Crippen LogP contribution is 2.17. The summed E-state index contributed by atoms with van der Waals surface area (Å²) in [5, 5.41) is 10.3. The maximum Gasteiger partial charge on any atom is 0.118 e. The summed E-state index contributed by atoms with van der Waals surface area (Å²) < 4.78 is 5.18. The number of aliphatic hydroxyl groups excluding tert-OH is 1. The van der Waals surface area contributed by atoms with Gasteiger partial charge in [0.2, 0.25) is 0 Å². The zero-order valence-electron chi connectivity index (χ0n) is 13.6. The Labute approximate surface area is 133 Å². The second kappa shape index (κ2) is 7.97. The fourth-order valence-electron chi connectivity index (χ4n) is 2.49. The van der Waals surface area contributed by atoms with Crippen molar-refractivity contribution in [1.29, 1.82) is 0 Å². The zero-order chi connectivity index (χ0) is 15.9. The number of rotatable bonds is 7. The first-order chi connectivity index (χ1) is 10.6. The highest BCUT2D eigenvalue weighted by molar-refractivity contribution is 5.27. The minimum Gasteiger partial charge on any atom is -0.497 e. The lowest BCUT2D eigenvalue weighted by Gasteiger charge is -2.27. The summed E-state index contributed by atoms with van der Waals surface area (Å²) in [4.78, 5) is 2.20. The summed E-state index contributed by atoms with van der Waals surface area (Å²) in [7, 11) is 3.73. The van der Waals surface area contributed by atoms with Crippen LogP contribution in [0, 0.1) is 0 Å². The summed E-state index contributed by atoms with van der Waals surface area (Å²) in [5.74, 6) is 0.879. The van der Waals surface area contributed by atoms with Crippen molar-refractivity contribution in [2.75, 3.05) is 20.7 Å². The van der Waals surface area contributed by atoms with Crippen molar-refractivity contribution < 1.29 is 9.84 Å². The summed E-state index contributed by atoms with van der Waals surface area (Å²) in [6.45, 7) is 2.81. The van der Waals surface area contributed by atoms with Gasteiger partial charge in [0.15, 0.2) is 0 Å². The number of methoxy groups -OCH3 is 1. The van der Waals surface area contributed by atoms with Crippen LogP contribution in [0.15, 0.2) is 54.6 Å². The van der Waals surface area contributed by atoms with Gasteiger partial charge in [-0.15, -0.1) is 0 Å². The molecule has 22 heavy (non-hydrogen) atoms. The Balaban J connectivity index is 1.89. The number of ether oxygens (including phenoxy) is 1. The third kappa shape index (κ3) is 4.58. The van der Waals surface area contributed by atoms with Crippen LogP contribution in [0.2, 0.25) is 0 Å². The standard InChI is InChI=1S/C19H25NO2/c1-15(13-16-9-11-18(22-3)12-10-16)20(2)14-19(21)17-7-5-4-6-8-17/h4-12,15,19,21H,13-14H2,1-3H3. The number of likely N-dealkylation sites (N-methyl/N-ethyl adjacent to an activating group) is 1. The van der Waals surface area contributed by atoms with E-state index in [-0.39, 0.29) is 0 Å². The van der Waals surface area contributed by atoms with E-state index >= 15 is 0 Å². The molecule has 0 aromatic heterocycles. The molecule has 0 heterocycles. The van der Waals surface area contributed by atoms with Gasteiger partial charge in [0.05, 0.1) is 13.2 Å². The number of nitrogens with zero attached hydrogens (tertiary/aromatic N) is 1. The molecular weight excluding hydrogens is 274 g/mol. The third-order valence-corrected chi connectivity index (χ3v) is 4.09. The van der Waals surface area contributed by atoms with Crippen LogP contribution in [0.5, 0.6) is 5.75 Å². The zero-order valence-corrected chi connectivity index (χ0v) is 13.6. The molecule has 3 heteroatoms. The molecule has 0 saturated carbocycles. The summed E-state index contributed by atoms with van der Waals surface area (Å²) in [5.41, 5.74) is 2.24. The maximum absolute atomic E-state index is 10.3. The highest BCUT2D eigenvalue weighted by Gasteiger charge is 2.15. The first kappa shape index (κ1) is 16.5. The molecule has 2 rings (SSSR count). The molecule has 0 amide bonds. The van der Waals surface area contributed by atoms with E-state index in [2.05, 4.69) is 31.0 Å². The van der Waals surface area contributed by atoms with Crippen LogP contribution in [0.4, 0.5) is 0 Å². The molecule has 0 radical (unpaired) electrons. The Morgan fingerprint density at radius 3 is 2.27 bits per heavy atom. The van der Waals surface area contributed by atoms with Crippen LogP contribution in [0.25, 0.3) is 0 Å². The van der Waals surface area contributed by atoms with Crippen LogP contribution in [-0.4, -0.2) is 36.8 Å². The molecule has 0 bridgehead atoms. The Morgan fingerprint density at radius 1 is 1.05 bits per heavy atom. The van der Waals surface area contributed by atoms with E-state index in [1.165, 1.54) is 5.56 Å². The van der Waals surface area contributed by atoms with Crippen molar-refractivity contribution in [3.8, 4) is 5.75 Å². The van der Waals surface area contributed by atoms with Crippen molar-refractivity contribution in [3.05, 3.63) is 65.7 Å². The fourth-order valence-corrected chi connectivity index (χ4v) is 2.49. The minimum atomic E-state index is -0.454. The van der Waals surface area contributed by atoms with E-state index in [0.29, 0.717) is 12.6 Å². The van der Waals surface area contributed by atoms with Gasteiger partial charge in [-0.05, 0) is 43.7 Å². The fraction of sp³-hybridized carbons (Fsp3) is 0.368.